The fourth-order valence-corrected chi connectivity index (χ4v) is 1.70. The molecular weight excluding hydrogens is 200 g/mol. The quantitative estimate of drug-likeness (QED) is 0.541. The molecule has 0 aromatic carbocycles. The molecule has 0 aliphatic rings. The Bertz CT molecular complexity index is 307. The predicted molar refractivity (Wildman–Crippen MR) is 67.2 cm³/mol. The molecule has 0 amide bonds. The highest BCUT2D eigenvalue weighted by Gasteiger charge is 2.07. The summed E-state index contributed by atoms with van der Waals surface area (Å²) >= 11 is 0. The third kappa shape index (κ3) is 4.21. The molecule has 3 heteroatoms. The lowest BCUT2D eigenvalue weighted by Crippen LogP contribution is -2.20. The summed E-state index contributed by atoms with van der Waals surface area (Å²) in [5.74, 6) is 1.04. The van der Waals surface area contributed by atoms with Crippen LogP contribution in [0.1, 0.15) is 24.2 Å². The number of nitrogens with zero attached hydrogens (tertiary/aromatic N) is 1. The van der Waals surface area contributed by atoms with E-state index >= 15 is 0 Å². The molecule has 0 unspecified atom stereocenters. The van der Waals surface area contributed by atoms with Gasteiger partial charge in [0, 0.05) is 12.1 Å². The van der Waals surface area contributed by atoms with E-state index in [1.165, 1.54) is 12.0 Å². The van der Waals surface area contributed by atoms with Crippen LogP contribution in [-0.2, 0) is 13.1 Å². The molecule has 90 valence electrons. The van der Waals surface area contributed by atoms with Crippen molar-refractivity contribution in [2.75, 3.05) is 20.6 Å². The van der Waals surface area contributed by atoms with Crippen LogP contribution in [0, 0.1) is 0 Å². The van der Waals surface area contributed by atoms with Crippen LogP contribution in [0.15, 0.2) is 29.4 Å². The minimum absolute atomic E-state index is 0.794. The van der Waals surface area contributed by atoms with Crippen molar-refractivity contribution in [3.63, 3.8) is 0 Å². The van der Waals surface area contributed by atoms with Gasteiger partial charge in [0.15, 0.2) is 0 Å². The Morgan fingerprint density at radius 3 is 3.06 bits per heavy atom. The van der Waals surface area contributed by atoms with Gasteiger partial charge in [0.1, 0.15) is 5.76 Å². The molecular formula is C13H22N2O. The molecule has 0 radical (unpaired) electrons. The van der Waals surface area contributed by atoms with Crippen LogP contribution < -0.4 is 5.32 Å². The molecule has 16 heavy (non-hydrogen) atoms. The maximum absolute atomic E-state index is 5.43. The Hall–Kier alpha value is -1.06. The van der Waals surface area contributed by atoms with Crippen molar-refractivity contribution in [1.82, 2.24) is 10.2 Å². The smallest absolute Gasteiger partial charge is 0.122 e. The zero-order valence-electron chi connectivity index (χ0n) is 10.3. The largest absolute Gasteiger partial charge is 0.468 e. The molecule has 0 atom stereocenters. The van der Waals surface area contributed by atoms with Gasteiger partial charge in [-0.25, -0.2) is 0 Å². The minimum Gasteiger partial charge on any atom is -0.468 e. The molecule has 1 aromatic heterocycles. The van der Waals surface area contributed by atoms with Crippen molar-refractivity contribution in [2.45, 2.75) is 25.9 Å². The summed E-state index contributed by atoms with van der Waals surface area (Å²) in [5.41, 5.74) is 1.27. The SMILES string of the molecule is C=CCCCN(C)Cc1ccoc1CNC. The molecule has 3 nitrogen and oxygen atoms in total. The van der Waals surface area contributed by atoms with Gasteiger partial charge in [-0.2, -0.15) is 0 Å². The zero-order valence-corrected chi connectivity index (χ0v) is 10.3. The summed E-state index contributed by atoms with van der Waals surface area (Å²) in [6.07, 6.45) is 5.98. The van der Waals surface area contributed by atoms with Crippen molar-refractivity contribution in [1.29, 1.82) is 0 Å². The Labute approximate surface area is 98.1 Å². The topological polar surface area (TPSA) is 28.4 Å². The van der Waals surface area contributed by atoms with E-state index in [1.807, 2.05) is 13.1 Å². The van der Waals surface area contributed by atoms with E-state index in [4.69, 9.17) is 4.42 Å². The van der Waals surface area contributed by atoms with Crippen LogP contribution in [0.4, 0.5) is 0 Å². The number of rotatable bonds is 8. The highest BCUT2D eigenvalue weighted by atomic mass is 16.3. The van der Waals surface area contributed by atoms with E-state index in [0.29, 0.717) is 0 Å². The third-order valence-electron chi connectivity index (χ3n) is 2.56. The molecule has 0 aliphatic carbocycles. The van der Waals surface area contributed by atoms with Gasteiger partial charge in [0.05, 0.1) is 12.8 Å². The minimum atomic E-state index is 0.794. The van der Waals surface area contributed by atoms with E-state index in [0.717, 1.165) is 31.8 Å². The lowest BCUT2D eigenvalue weighted by molar-refractivity contribution is 0.319. The lowest BCUT2D eigenvalue weighted by atomic mass is 10.2. The van der Waals surface area contributed by atoms with Crippen LogP contribution in [0.3, 0.4) is 0 Å². The normalized spacial score (nSPS) is 10.9. The number of allylic oxidation sites excluding steroid dienone is 1. The monoisotopic (exact) mass is 222 g/mol. The van der Waals surface area contributed by atoms with E-state index in [1.54, 1.807) is 6.26 Å². The second-order valence-corrected chi connectivity index (χ2v) is 4.07. The zero-order chi connectivity index (χ0) is 11.8. The van der Waals surface area contributed by atoms with Gasteiger partial charge >= 0.3 is 0 Å². The molecule has 1 rings (SSSR count). The maximum atomic E-state index is 5.43. The first kappa shape index (κ1) is 13.0. The van der Waals surface area contributed by atoms with Crippen molar-refractivity contribution < 1.29 is 4.42 Å². The van der Waals surface area contributed by atoms with Gasteiger partial charge in [-0.1, -0.05) is 6.08 Å². The molecule has 1 N–H and O–H groups in total. The lowest BCUT2D eigenvalue weighted by Gasteiger charge is -2.15. The van der Waals surface area contributed by atoms with E-state index < -0.39 is 0 Å². The summed E-state index contributed by atoms with van der Waals surface area (Å²) in [6.45, 7) is 6.57. The Morgan fingerprint density at radius 1 is 1.56 bits per heavy atom. The molecule has 1 heterocycles. The number of furan rings is 1. The van der Waals surface area contributed by atoms with Crippen LogP contribution in [0.5, 0.6) is 0 Å². The Kier molecular flexibility index (Phi) is 5.90. The second-order valence-electron chi connectivity index (χ2n) is 4.07. The highest BCUT2D eigenvalue weighted by molar-refractivity contribution is 5.16. The molecule has 0 aliphatic heterocycles. The molecule has 0 saturated heterocycles. The van der Waals surface area contributed by atoms with Gasteiger partial charge in [-0.3, -0.25) is 0 Å². The van der Waals surface area contributed by atoms with Crippen LogP contribution in [0.25, 0.3) is 0 Å². The van der Waals surface area contributed by atoms with Gasteiger partial charge in [0.2, 0.25) is 0 Å². The summed E-state index contributed by atoms with van der Waals surface area (Å²) in [7, 11) is 4.07. The van der Waals surface area contributed by atoms with Crippen LogP contribution >= 0.6 is 0 Å². The summed E-state index contributed by atoms with van der Waals surface area (Å²) in [5, 5.41) is 3.11. The number of hydrogen-bond donors (Lipinski definition) is 1. The first-order chi connectivity index (χ1) is 7.77. The molecule has 0 saturated carbocycles. The Balaban J connectivity index is 2.39. The molecule has 0 fully saturated rings. The first-order valence-electron chi connectivity index (χ1n) is 5.77. The molecule has 0 spiro atoms. The van der Waals surface area contributed by atoms with Gasteiger partial charge < -0.3 is 14.6 Å². The standard InChI is InChI=1S/C13H22N2O/c1-4-5-6-8-15(3)11-12-7-9-16-13(12)10-14-2/h4,7,9,14H,1,5-6,8,10-11H2,2-3H3. The van der Waals surface area contributed by atoms with E-state index in [-0.39, 0.29) is 0 Å². The fraction of sp³-hybridized carbons (Fsp3) is 0.538. The van der Waals surface area contributed by atoms with Crippen LogP contribution in [0.2, 0.25) is 0 Å². The molecule has 1 aromatic rings. The predicted octanol–water partition coefficient (Wildman–Crippen LogP) is 2.40. The summed E-state index contributed by atoms with van der Waals surface area (Å²) in [4.78, 5) is 2.31. The number of unbranched alkanes of at least 4 members (excludes halogenated alkanes) is 1. The highest BCUT2D eigenvalue weighted by Crippen LogP contribution is 2.12. The molecule has 0 bridgehead atoms. The van der Waals surface area contributed by atoms with Crippen LogP contribution in [-0.4, -0.2) is 25.5 Å². The third-order valence-corrected chi connectivity index (χ3v) is 2.56. The van der Waals surface area contributed by atoms with E-state index in [2.05, 4.69) is 29.9 Å². The average Bonchev–Trinajstić information content (AvgIpc) is 2.67. The number of nitrogens with one attached hydrogen (secondary N) is 1. The second kappa shape index (κ2) is 7.25. The summed E-state index contributed by atoms with van der Waals surface area (Å²) < 4.78 is 5.43. The van der Waals surface area contributed by atoms with Crippen molar-refractivity contribution in [3.05, 3.63) is 36.3 Å². The fourth-order valence-electron chi connectivity index (χ4n) is 1.70. The first-order valence-corrected chi connectivity index (χ1v) is 5.77. The van der Waals surface area contributed by atoms with Crippen molar-refractivity contribution >= 4 is 0 Å². The van der Waals surface area contributed by atoms with Crippen molar-refractivity contribution in [3.8, 4) is 0 Å². The average molecular weight is 222 g/mol. The van der Waals surface area contributed by atoms with Gasteiger partial charge in [0.25, 0.3) is 0 Å². The Morgan fingerprint density at radius 2 is 2.38 bits per heavy atom. The van der Waals surface area contributed by atoms with Gasteiger partial charge in [-0.15, -0.1) is 6.58 Å². The van der Waals surface area contributed by atoms with Gasteiger partial charge in [-0.05, 0) is 39.5 Å². The number of hydrogen-bond acceptors (Lipinski definition) is 3. The summed E-state index contributed by atoms with van der Waals surface area (Å²) in [6, 6.07) is 2.05. The maximum Gasteiger partial charge on any atom is 0.122 e. The van der Waals surface area contributed by atoms with E-state index in [9.17, 15) is 0 Å². The van der Waals surface area contributed by atoms with Crippen molar-refractivity contribution in [2.24, 2.45) is 0 Å².